The molecule has 2 N–H and O–H groups in total. The third-order valence-corrected chi connectivity index (χ3v) is 9.46. The zero-order valence-corrected chi connectivity index (χ0v) is 25.7. The highest BCUT2D eigenvalue weighted by molar-refractivity contribution is 7.88. The van der Waals surface area contributed by atoms with Crippen LogP contribution in [0.3, 0.4) is 0 Å². The molecule has 1 heterocycles. The van der Waals surface area contributed by atoms with Crippen LogP contribution in [0, 0.1) is 5.92 Å². The second-order valence-electron chi connectivity index (χ2n) is 9.92. The molecule has 1 fully saturated rings. The first-order chi connectivity index (χ1) is 20.1. The van der Waals surface area contributed by atoms with Gasteiger partial charge in [-0.25, -0.2) is 12.7 Å². The number of carbonyl (C=O) groups excluding carboxylic acids is 2. The molecule has 4 rings (SSSR count). The van der Waals surface area contributed by atoms with Gasteiger partial charge in [-0.2, -0.15) is 0 Å². The van der Waals surface area contributed by atoms with E-state index in [9.17, 15) is 18.0 Å². The van der Waals surface area contributed by atoms with Gasteiger partial charge < -0.3 is 20.1 Å². The molecule has 0 radical (unpaired) electrons. The Morgan fingerprint density at radius 2 is 1.76 bits per heavy atom. The van der Waals surface area contributed by atoms with E-state index in [-0.39, 0.29) is 29.1 Å². The predicted octanol–water partition coefficient (Wildman–Crippen LogP) is 5.16. The lowest BCUT2D eigenvalue weighted by molar-refractivity contribution is -0.120. The van der Waals surface area contributed by atoms with Crippen LogP contribution in [-0.2, 0) is 27.0 Å². The van der Waals surface area contributed by atoms with Gasteiger partial charge in [-0.15, -0.1) is 0 Å². The Kier molecular flexibility index (Phi) is 10.7. The van der Waals surface area contributed by atoms with Crippen LogP contribution in [0.4, 0.5) is 5.69 Å². The first kappa shape index (κ1) is 31.6. The number of hydrogen-bond acceptors (Lipinski definition) is 6. The molecule has 12 heteroatoms. The van der Waals surface area contributed by atoms with Gasteiger partial charge in [0, 0.05) is 29.7 Å². The highest BCUT2D eigenvalue weighted by Gasteiger charge is 2.33. The molecular weight excluding hydrogens is 601 g/mol. The highest BCUT2D eigenvalue weighted by Crippen LogP contribution is 2.29. The monoisotopic (exact) mass is 633 g/mol. The van der Waals surface area contributed by atoms with E-state index < -0.39 is 15.9 Å². The highest BCUT2D eigenvalue weighted by atomic mass is 35.5. The molecule has 42 heavy (non-hydrogen) atoms. The Morgan fingerprint density at radius 3 is 2.50 bits per heavy atom. The van der Waals surface area contributed by atoms with Gasteiger partial charge in [0.1, 0.15) is 0 Å². The van der Waals surface area contributed by atoms with Gasteiger partial charge in [0.2, 0.25) is 15.9 Å². The van der Waals surface area contributed by atoms with E-state index in [4.69, 9.17) is 32.7 Å². The summed E-state index contributed by atoms with van der Waals surface area (Å²) in [7, 11) is -0.593. The number of nitrogens with one attached hydrogen (secondary N) is 2. The zero-order chi connectivity index (χ0) is 30.3. The number of piperidine rings is 1. The molecule has 1 aliphatic rings. The number of rotatable bonds is 11. The standard InChI is InChI=1S/C30H33Cl2N3O6S/c1-40-27-12-9-20(16-28(27)41-2)13-14-33-30(37)24-7-3-4-8-26(24)34-29(36)21-6-5-15-35(18-21)42(38,39)19-22-10-11-23(31)17-25(22)32/h3-4,7-12,16-17,21H,5-6,13-15,18-19H2,1-2H3,(H,33,37)(H,34,36)/t21-/m0/s1. The smallest absolute Gasteiger partial charge is 0.253 e. The molecule has 1 aliphatic heterocycles. The second-order valence-corrected chi connectivity index (χ2v) is 12.7. The van der Waals surface area contributed by atoms with E-state index in [2.05, 4.69) is 10.6 Å². The van der Waals surface area contributed by atoms with E-state index in [1.54, 1.807) is 50.6 Å². The molecule has 2 amide bonds. The van der Waals surface area contributed by atoms with E-state index in [1.807, 2.05) is 18.2 Å². The lowest BCUT2D eigenvalue weighted by Gasteiger charge is -2.31. The fourth-order valence-electron chi connectivity index (χ4n) is 4.81. The number of carbonyl (C=O) groups is 2. The third-order valence-electron chi connectivity index (χ3n) is 7.08. The van der Waals surface area contributed by atoms with Gasteiger partial charge in [0.05, 0.1) is 37.1 Å². The van der Waals surface area contributed by atoms with Gasteiger partial charge in [-0.1, -0.05) is 47.5 Å². The lowest BCUT2D eigenvalue weighted by atomic mass is 9.98. The maximum absolute atomic E-state index is 13.3. The Morgan fingerprint density at radius 1 is 1.00 bits per heavy atom. The molecule has 0 aromatic heterocycles. The summed E-state index contributed by atoms with van der Waals surface area (Å²) in [5, 5.41) is 6.44. The molecule has 0 spiro atoms. The van der Waals surface area contributed by atoms with E-state index in [1.165, 1.54) is 10.4 Å². The summed E-state index contributed by atoms with van der Waals surface area (Å²) >= 11 is 12.1. The van der Waals surface area contributed by atoms with Crippen molar-refractivity contribution in [3.63, 3.8) is 0 Å². The quantitative estimate of drug-likeness (QED) is 0.301. The zero-order valence-electron chi connectivity index (χ0n) is 23.4. The van der Waals surface area contributed by atoms with Crippen molar-refractivity contribution >= 4 is 50.7 Å². The third kappa shape index (κ3) is 7.95. The number of benzene rings is 3. The molecule has 0 aliphatic carbocycles. The van der Waals surface area contributed by atoms with Crippen molar-refractivity contribution in [3.05, 3.63) is 87.4 Å². The van der Waals surface area contributed by atoms with Crippen LogP contribution in [0.25, 0.3) is 0 Å². The number of hydrogen-bond donors (Lipinski definition) is 2. The van der Waals surface area contributed by atoms with Crippen molar-refractivity contribution < 1.29 is 27.5 Å². The molecule has 0 saturated carbocycles. The maximum Gasteiger partial charge on any atom is 0.253 e. The number of amides is 2. The molecule has 224 valence electrons. The van der Waals surface area contributed by atoms with Crippen molar-refractivity contribution in [1.82, 2.24) is 9.62 Å². The van der Waals surface area contributed by atoms with Crippen molar-refractivity contribution in [2.45, 2.75) is 25.0 Å². The van der Waals surface area contributed by atoms with Crippen LogP contribution in [0.1, 0.15) is 34.3 Å². The second kappa shape index (κ2) is 14.2. The van der Waals surface area contributed by atoms with Crippen molar-refractivity contribution in [2.24, 2.45) is 5.92 Å². The predicted molar refractivity (Wildman–Crippen MR) is 164 cm³/mol. The summed E-state index contributed by atoms with van der Waals surface area (Å²) in [6.45, 7) is 0.721. The molecular formula is C30H33Cl2N3O6S. The molecule has 1 saturated heterocycles. The van der Waals surface area contributed by atoms with E-state index in [0.29, 0.717) is 65.7 Å². The Balaban J connectivity index is 1.36. The minimum absolute atomic E-state index is 0.0407. The summed E-state index contributed by atoms with van der Waals surface area (Å²) in [6, 6.07) is 17.0. The summed E-state index contributed by atoms with van der Waals surface area (Å²) < 4.78 is 38.3. The Hall–Kier alpha value is -3.31. The van der Waals surface area contributed by atoms with Gasteiger partial charge in [-0.05, 0) is 66.8 Å². The Labute approximate surface area is 256 Å². The summed E-state index contributed by atoms with van der Waals surface area (Å²) in [5.74, 6) is -0.305. The number of para-hydroxylation sites is 1. The number of ether oxygens (including phenoxy) is 2. The molecule has 0 bridgehead atoms. The van der Waals surface area contributed by atoms with Gasteiger partial charge in [0.25, 0.3) is 5.91 Å². The van der Waals surface area contributed by atoms with Crippen molar-refractivity contribution in [2.75, 3.05) is 39.2 Å². The number of halogens is 2. The topological polar surface area (TPSA) is 114 Å². The van der Waals surface area contributed by atoms with E-state index in [0.717, 1.165) is 5.56 Å². The SMILES string of the molecule is COc1ccc(CCNC(=O)c2ccccc2NC(=O)[C@H]2CCCN(S(=O)(=O)Cc3ccc(Cl)cc3Cl)C2)cc1OC. The Bertz CT molecular complexity index is 1550. The fraction of sp³-hybridized carbons (Fsp3) is 0.333. The first-order valence-electron chi connectivity index (χ1n) is 13.4. The molecule has 0 unspecified atom stereocenters. The number of sulfonamides is 1. The summed E-state index contributed by atoms with van der Waals surface area (Å²) in [5.41, 5.74) is 2.08. The van der Waals surface area contributed by atoms with Crippen LogP contribution in [0.15, 0.2) is 60.7 Å². The van der Waals surface area contributed by atoms with Crippen LogP contribution < -0.4 is 20.1 Å². The van der Waals surface area contributed by atoms with Crippen LogP contribution in [0.5, 0.6) is 11.5 Å². The van der Waals surface area contributed by atoms with Crippen LogP contribution >= 0.6 is 23.2 Å². The average Bonchev–Trinajstić information content (AvgIpc) is 2.98. The lowest BCUT2D eigenvalue weighted by Crippen LogP contribution is -2.44. The number of nitrogens with zero attached hydrogens (tertiary/aromatic N) is 1. The summed E-state index contributed by atoms with van der Waals surface area (Å²) in [4.78, 5) is 26.3. The van der Waals surface area contributed by atoms with Crippen LogP contribution in [0.2, 0.25) is 10.0 Å². The van der Waals surface area contributed by atoms with Gasteiger partial charge in [-0.3, -0.25) is 9.59 Å². The van der Waals surface area contributed by atoms with E-state index >= 15 is 0 Å². The fourth-order valence-corrected chi connectivity index (χ4v) is 7.01. The largest absolute Gasteiger partial charge is 0.493 e. The normalized spacial score (nSPS) is 15.6. The maximum atomic E-state index is 13.3. The minimum atomic E-state index is -3.73. The van der Waals surface area contributed by atoms with Crippen molar-refractivity contribution in [1.29, 1.82) is 0 Å². The van der Waals surface area contributed by atoms with Crippen LogP contribution in [-0.4, -0.2) is 58.4 Å². The number of methoxy groups -OCH3 is 2. The number of anilines is 1. The van der Waals surface area contributed by atoms with Gasteiger partial charge >= 0.3 is 0 Å². The molecule has 3 aromatic carbocycles. The molecule has 3 aromatic rings. The van der Waals surface area contributed by atoms with Crippen molar-refractivity contribution in [3.8, 4) is 11.5 Å². The van der Waals surface area contributed by atoms with Gasteiger partial charge in [0.15, 0.2) is 11.5 Å². The minimum Gasteiger partial charge on any atom is -0.493 e. The molecule has 9 nitrogen and oxygen atoms in total. The average molecular weight is 635 g/mol. The summed E-state index contributed by atoms with van der Waals surface area (Å²) in [6.07, 6.45) is 1.62. The first-order valence-corrected chi connectivity index (χ1v) is 15.8. The molecule has 1 atom stereocenters.